The van der Waals surface area contributed by atoms with Gasteiger partial charge in [0.25, 0.3) is 0 Å². The van der Waals surface area contributed by atoms with E-state index in [2.05, 4.69) is 39.3 Å². The van der Waals surface area contributed by atoms with Crippen LogP contribution in [0.15, 0.2) is 96.0 Å². The molecule has 0 spiro atoms. The van der Waals surface area contributed by atoms with Crippen molar-refractivity contribution in [3.8, 4) is 17.4 Å². The van der Waals surface area contributed by atoms with Gasteiger partial charge in [0.1, 0.15) is 23.0 Å². The zero-order chi connectivity index (χ0) is 28.3. The smallest absolute Gasteiger partial charge is 0.242 e. The lowest BCUT2D eigenvalue weighted by Crippen LogP contribution is -2.49. The Kier molecular flexibility index (Phi) is 9.40. The van der Waals surface area contributed by atoms with Crippen molar-refractivity contribution in [1.29, 1.82) is 0 Å². The van der Waals surface area contributed by atoms with Crippen molar-refractivity contribution in [2.24, 2.45) is 0 Å². The highest BCUT2D eigenvalue weighted by atomic mass is 35.5. The molecule has 2 heterocycles. The lowest BCUT2D eigenvalue weighted by molar-refractivity contribution is 0.164. The second-order valence-electron chi connectivity index (χ2n) is 10.5. The highest BCUT2D eigenvalue weighted by Gasteiger charge is 2.47. The van der Waals surface area contributed by atoms with E-state index in [0.717, 1.165) is 36.6 Å². The monoisotopic (exact) mass is 625 g/mol. The fourth-order valence-electron chi connectivity index (χ4n) is 5.82. The molecule has 1 aliphatic heterocycles. The quantitative estimate of drug-likeness (QED) is 0.193. The number of sulfonamides is 1. The van der Waals surface area contributed by atoms with E-state index in [9.17, 15) is 8.42 Å². The molecular formula is C32H33Cl2N3O4S. The van der Waals surface area contributed by atoms with Crippen LogP contribution in [0.5, 0.6) is 17.4 Å². The molecule has 0 amide bonds. The molecule has 3 aromatic carbocycles. The molecule has 2 aliphatic rings. The van der Waals surface area contributed by atoms with E-state index in [1.165, 1.54) is 41.4 Å². The molecule has 0 radical (unpaired) electrons. The minimum absolute atomic E-state index is 0. The first kappa shape index (κ1) is 30.3. The third-order valence-electron chi connectivity index (χ3n) is 8.04. The molecule has 7 nitrogen and oxygen atoms in total. The summed E-state index contributed by atoms with van der Waals surface area (Å²) < 4.78 is 39.8. The van der Waals surface area contributed by atoms with Crippen LogP contribution in [0.25, 0.3) is 0 Å². The van der Waals surface area contributed by atoms with Gasteiger partial charge in [-0.15, -0.1) is 12.4 Å². The van der Waals surface area contributed by atoms with E-state index < -0.39 is 10.0 Å². The van der Waals surface area contributed by atoms with Crippen molar-refractivity contribution < 1.29 is 17.9 Å². The zero-order valence-electron chi connectivity index (χ0n) is 23.0. The Bertz CT molecular complexity index is 1600. The maximum absolute atomic E-state index is 12.8. The van der Waals surface area contributed by atoms with Crippen LogP contribution in [0.2, 0.25) is 5.02 Å². The van der Waals surface area contributed by atoms with Gasteiger partial charge in [0.2, 0.25) is 15.9 Å². The number of pyridine rings is 1. The summed E-state index contributed by atoms with van der Waals surface area (Å²) in [4.78, 5) is 4.20. The van der Waals surface area contributed by atoms with Crippen molar-refractivity contribution in [3.63, 3.8) is 0 Å². The molecule has 4 aromatic rings. The van der Waals surface area contributed by atoms with E-state index in [4.69, 9.17) is 21.1 Å². The second kappa shape index (κ2) is 13.0. The first-order valence-corrected chi connectivity index (χ1v) is 15.7. The van der Waals surface area contributed by atoms with Gasteiger partial charge < -0.3 is 14.8 Å². The minimum Gasteiger partial charge on any atom is -0.492 e. The minimum atomic E-state index is -3.74. The molecule has 0 saturated heterocycles. The van der Waals surface area contributed by atoms with Crippen LogP contribution in [0.1, 0.15) is 42.0 Å². The first-order chi connectivity index (χ1) is 19.9. The van der Waals surface area contributed by atoms with Crippen molar-refractivity contribution in [2.45, 2.75) is 42.0 Å². The third-order valence-corrected chi connectivity index (χ3v) is 9.73. The summed E-state index contributed by atoms with van der Waals surface area (Å²) in [6, 6.07) is 26.9. The van der Waals surface area contributed by atoms with Gasteiger partial charge in [-0.25, -0.2) is 18.1 Å². The second-order valence-corrected chi connectivity index (χ2v) is 12.7. The maximum Gasteiger partial charge on any atom is 0.242 e. The van der Waals surface area contributed by atoms with Gasteiger partial charge >= 0.3 is 0 Å². The Hall–Kier alpha value is -3.14. The molecule has 1 fully saturated rings. The van der Waals surface area contributed by atoms with E-state index in [-0.39, 0.29) is 41.9 Å². The normalized spacial score (nSPS) is 17.3. The van der Waals surface area contributed by atoms with Gasteiger partial charge in [0.05, 0.1) is 6.20 Å². The molecule has 2 N–H and O–H groups in total. The number of nitrogens with one attached hydrogen (secondary N) is 2. The summed E-state index contributed by atoms with van der Waals surface area (Å²) >= 11 is 6.18. The van der Waals surface area contributed by atoms with Crippen LogP contribution < -0.4 is 19.5 Å². The van der Waals surface area contributed by atoms with Gasteiger partial charge in [-0.2, -0.15) is 0 Å². The number of fused-ring (bicyclic) bond motifs is 1. The number of nitrogens with zero attached hydrogens (tertiary/aromatic N) is 1. The van der Waals surface area contributed by atoms with Crippen LogP contribution >= 0.6 is 24.0 Å². The van der Waals surface area contributed by atoms with E-state index in [1.54, 1.807) is 12.1 Å². The first-order valence-electron chi connectivity index (χ1n) is 13.9. The van der Waals surface area contributed by atoms with Crippen molar-refractivity contribution >= 4 is 34.0 Å². The Morgan fingerprint density at radius 3 is 2.45 bits per heavy atom. The average Bonchev–Trinajstić information content (AvgIpc) is 2.97. The number of hydrogen-bond donors (Lipinski definition) is 2. The van der Waals surface area contributed by atoms with Gasteiger partial charge in [0, 0.05) is 29.1 Å². The van der Waals surface area contributed by atoms with Gasteiger partial charge in [0.15, 0.2) is 0 Å². The summed E-state index contributed by atoms with van der Waals surface area (Å²) in [5.41, 5.74) is 3.93. The highest BCUT2D eigenvalue weighted by molar-refractivity contribution is 7.89. The number of rotatable bonds is 10. The predicted molar refractivity (Wildman–Crippen MR) is 167 cm³/mol. The Balaban J connectivity index is 0.00000353. The number of benzene rings is 3. The van der Waals surface area contributed by atoms with Crippen LogP contribution in [-0.2, 0) is 21.9 Å². The summed E-state index contributed by atoms with van der Waals surface area (Å²) in [6.07, 6.45) is 5.69. The largest absolute Gasteiger partial charge is 0.492 e. The van der Waals surface area contributed by atoms with Gasteiger partial charge in [-0.3, -0.25) is 0 Å². The van der Waals surface area contributed by atoms with E-state index >= 15 is 0 Å². The van der Waals surface area contributed by atoms with Crippen molar-refractivity contribution in [2.75, 3.05) is 19.7 Å². The number of ether oxygens (including phenoxy) is 2. The number of aromatic nitrogens is 1. The van der Waals surface area contributed by atoms with Crippen LogP contribution in [-0.4, -0.2) is 33.1 Å². The molecule has 1 aromatic heterocycles. The number of para-hydroxylation sites is 1. The van der Waals surface area contributed by atoms with E-state index in [0.29, 0.717) is 11.6 Å². The van der Waals surface area contributed by atoms with Crippen molar-refractivity contribution in [1.82, 2.24) is 15.0 Å². The molecule has 0 bridgehead atoms. The molecule has 42 heavy (non-hydrogen) atoms. The molecule has 1 unspecified atom stereocenters. The Morgan fingerprint density at radius 2 is 1.76 bits per heavy atom. The standard InChI is InChI=1S/C32H32ClN3O4S.ClH/c33-25-10-8-24(9-11-25)32(16-4-17-32)31-29-21-27(12-7-23(29)15-18-34-31)39-20-19-36-41(37,38)28-13-14-30(35-22-28)40-26-5-2-1-3-6-26;/h1-3,5-14,21-22,31,34,36H,4,15-20H2;1H. The maximum atomic E-state index is 12.8. The van der Waals surface area contributed by atoms with Crippen LogP contribution in [0.4, 0.5) is 0 Å². The van der Waals surface area contributed by atoms with Crippen LogP contribution in [0.3, 0.4) is 0 Å². The third kappa shape index (κ3) is 6.43. The SMILES string of the molecule is Cl.O=S(=O)(NCCOc1ccc2c(c1)C(C1(c3ccc(Cl)cc3)CCC1)NCC2)c1ccc(Oc2ccccc2)nc1. The highest BCUT2D eigenvalue weighted by Crippen LogP contribution is 2.53. The summed E-state index contributed by atoms with van der Waals surface area (Å²) in [5.74, 6) is 1.67. The van der Waals surface area contributed by atoms with Crippen LogP contribution in [0, 0.1) is 0 Å². The summed E-state index contributed by atoms with van der Waals surface area (Å²) in [6.45, 7) is 1.25. The lowest BCUT2D eigenvalue weighted by Gasteiger charge is -2.50. The molecule has 1 atom stereocenters. The van der Waals surface area contributed by atoms with Gasteiger partial charge in [-0.1, -0.05) is 54.4 Å². The molecule has 10 heteroatoms. The van der Waals surface area contributed by atoms with Crippen molar-refractivity contribution in [3.05, 3.63) is 113 Å². The molecule has 1 aliphatic carbocycles. The number of hydrogen-bond acceptors (Lipinski definition) is 6. The van der Waals surface area contributed by atoms with Gasteiger partial charge in [-0.05, 0) is 85.0 Å². The summed E-state index contributed by atoms with van der Waals surface area (Å²) in [5, 5.41) is 4.53. The molecule has 220 valence electrons. The molecular weight excluding hydrogens is 593 g/mol. The Morgan fingerprint density at radius 1 is 0.976 bits per heavy atom. The zero-order valence-corrected chi connectivity index (χ0v) is 25.4. The average molecular weight is 627 g/mol. The van der Waals surface area contributed by atoms with E-state index in [1.807, 2.05) is 36.4 Å². The fraction of sp³-hybridized carbons (Fsp3) is 0.281. The summed E-state index contributed by atoms with van der Waals surface area (Å²) in [7, 11) is -3.74. The predicted octanol–water partition coefficient (Wildman–Crippen LogP) is 6.62. The molecule has 6 rings (SSSR count). The Labute approximate surface area is 258 Å². The topological polar surface area (TPSA) is 89.6 Å². The molecule has 1 saturated carbocycles. The number of halogens is 2. The fourth-order valence-corrected chi connectivity index (χ4v) is 6.90. The lowest BCUT2D eigenvalue weighted by atomic mass is 9.58.